The van der Waals surface area contributed by atoms with E-state index >= 15 is 0 Å². The van der Waals surface area contributed by atoms with Gasteiger partial charge < -0.3 is 0 Å². The zero-order valence-electron chi connectivity index (χ0n) is 12.3. The smallest absolute Gasteiger partial charge is 0.194 e. The molecule has 2 heterocycles. The summed E-state index contributed by atoms with van der Waals surface area (Å²) < 4.78 is 2.86. The van der Waals surface area contributed by atoms with Crippen molar-refractivity contribution < 1.29 is 4.98 Å². The summed E-state index contributed by atoms with van der Waals surface area (Å²) in [6.45, 7) is 6.99. The van der Waals surface area contributed by atoms with Crippen LogP contribution in [0.2, 0.25) is 0 Å². The molecule has 0 unspecified atom stereocenters. The van der Waals surface area contributed by atoms with E-state index in [1.165, 1.54) is 50.8 Å². The van der Waals surface area contributed by atoms with Gasteiger partial charge in [-0.1, -0.05) is 32.0 Å². The Morgan fingerprint density at radius 1 is 1.20 bits per heavy atom. The maximum Gasteiger partial charge on any atom is 0.194 e. The fourth-order valence-corrected chi connectivity index (χ4v) is 4.76. The van der Waals surface area contributed by atoms with Crippen molar-refractivity contribution in [3.8, 4) is 0 Å². The second-order valence-electron chi connectivity index (χ2n) is 6.85. The highest BCUT2D eigenvalue weighted by molar-refractivity contribution is 7.26. The van der Waals surface area contributed by atoms with Crippen LogP contribution in [0.4, 0.5) is 0 Å². The quantitative estimate of drug-likeness (QED) is 0.568. The topological polar surface area (TPSA) is 14.1 Å². The van der Waals surface area contributed by atoms with Gasteiger partial charge in [0.2, 0.25) is 0 Å². The summed E-state index contributed by atoms with van der Waals surface area (Å²) in [7, 11) is 0. The van der Waals surface area contributed by atoms with Gasteiger partial charge in [0, 0.05) is 34.4 Å². The van der Waals surface area contributed by atoms with Gasteiger partial charge >= 0.3 is 0 Å². The minimum absolute atomic E-state index is 0.426. The molecule has 0 bridgehead atoms. The molecule has 0 radical (unpaired) electrons. The molecule has 4 rings (SSSR count). The van der Waals surface area contributed by atoms with Crippen molar-refractivity contribution in [2.24, 2.45) is 5.41 Å². The number of H-pyrrole nitrogens is 1. The largest absolute Gasteiger partial charge is 0.211 e. The number of thiophene rings is 1. The molecular formula is C18H20NS+. The van der Waals surface area contributed by atoms with Gasteiger partial charge in [0.05, 0.1) is 0 Å². The van der Waals surface area contributed by atoms with Gasteiger partial charge in [0.15, 0.2) is 11.4 Å². The molecule has 2 heteroatoms. The summed E-state index contributed by atoms with van der Waals surface area (Å²) in [6.07, 6.45) is 3.66. The third kappa shape index (κ3) is 1.71. The monoisotopic (exact) mass is 282 g/mol. The van der Waals surface area contributed by atoms with E-state index in [2.05, 4.69) is 50.0 Å². The third-order valence-electron chi connectivity index (χ3n) is 4.65. The first kappa shape index (κ1) is 12.3. The van der Waals surface area contributed by atoms with Crippen molar-refractivity contribution in [3.05, 3.63) is 41.2 Å². The Morgan fingerprint density at radius 3 is 2.85 bits per heavy atom. The number of pyridine rings is 1. The summed E-state index contributed by atoms with van der Waals surface area (Å²) in [5, 5.41) is 2.97. The molecule has 1 aliphatic rings. The molecule has 0 aliphatic heterocycles. The Kier molecular flexibility index (Phi) is 2.50. The van der Waals surface area contributed by atoms with Crippen LogP contribution in [0, 0.1) is 12.3 Å². The zero-order valence-corrected chi connectivity index (χ0v) is 13.2. The van der Waals surface area contributed by atoms with Crippen molar-refractivity contribution >= 4 is 31.5 Å². The van der Waals surface area contributed by atoms with Gasteiger partial charge in [0.25, 0.3) is 0 Å². The van der Waals surface area contributed by atoms with Crippen molar-refractivity contribution in [1.82, 2.24) is 0 Å². The molecule has 0 fully saturated rings. The van der Waals surface area contributed by atoms with Gasteiger partial charge in [-0.2, -0.15) is 0 Å². The average Bonchev–Trinajstić information content (AvgIpc) is 2.78. The zero-order chi connectivity index (χ0) is 13.9. The molecule has 0 atom stereocenters. The van der Waals surface area contributed by atoms with Crippen LogP contribution in [0.1, 0.15) is 37.2 Å². The van der Waals surface area contributed by atoms with Crippen molar-refractivity contribution in [1.29, 1.82) is 0 Å². The molecule has 1 aliphatic carbocycles. The van der Waals surface area contributed by atoms with E-state index in [-0.39, 0.29) is 0 Å². The fourth-order valence-electron chi connectivity index (χ4n) is 3.58. The molecule has 1 aromatic carbocycles. The van der Waals surface area contributed by atoms with E-state index in [1.54, 1.807) is 5.56 Å². The van der Waals surface area contributed by atoms with E-state index in [9.17, 15) is 0 Å². The third-order valence-corrected chi connectivity index (χ3v) is 5.94. The van der Waals surface area contributed by atoms with Crippen LogP contribution in [-0.2, 0) is 12.8 Å². The van der Waals surface area contributed by atoms with Crippen LogP contribution in [0.3, 0.4) is 0 Å². The molecule has 0 spiro atoms. The minimum Gasteiger partial charge on any atom is -0.211 e. The summed E-state index contributed by atoms with van der Waals surface area (Å²) >= 11 is 1.93. The maximum absolute atomic E-state index is 3.70. The molecular weight excluding hydrogens is 262 g/mol. The molecule has 3 aromatic rings. The van der Waals surface area contributed by atoms with Gasteiger partial charge in [-0.05, 0) is 24.3 Å². The number of aromatic amines is 1. The number of hydrogen-bond donors (Lipinski definition) is 0. The lowest BCUT2D eigenvalue weighted by molar-refractivity contribution is -0.400. The van der Waals surface area contributed by atoms with E-state index in [4.69, 9.17) is 0 Å². The Labute approximate surface area is 123 Å². The predicted octanol–water partition coefficient (Wildman–Crippen LogP) is 4.69. The average molecular weight is 282 g/mol. The van der Waals surface area contributed by atoms with Gasteiger partial charge in [-0.25, -0.2) is 4.98 Å². The van der Waals surface area contributed by atoms with Crippen LogP contribution in [-0.4, -0.2) is 0 Å². The Hall–Kier alpha value is -1.41. The number of benzene rings is 1. The number of rotatable bonds is 0. The molecule has 1 nitrogen and oxygen atoms in total. The number of hydrogen-bond acceptors (Lipinski definition) is 1. The van der Waals surface area contributed by atoms with Gasteiger partial charge in [0.1, 0.15) is 4.70 Å². The van der Waals surface area contributed by atoms with Crippen LogP contribution in [0.5, 0.6) is 0 Å². The highest BCUT2D eigenvalue weighted by Gasteiger charge is 2.32. The second kappa shape index (κ2) is 4.05. The number of aryl methyl sites for hydroxylation is 2. The molecule has 0 saturated carbocycles. The van der Waals surface area contributed by atoms with E-state index < -0.39 is 0 Å². The predicted molar refractivity (Wildman–Crippen MR) is 86.4 cm³/mol. The van der Waals surface area contributed by atoms with Gasteiger partial charge in [-0.15, -0.1) is 11.3 Å². The fraction of sp³-hybridized carbons (Fsp3) is 0.389. The molecule has 20 heavy (non-hydrogen) atoms. The molecule has 0 amide bonds. The lowest BCUT2D eigenvalue weighted by Gasteiger charge is -2.28. The van der Waals surface area contributed by atoms with Crippen LogP contribution >= 0.6 is 11.3 Å². The van der Waals surface area contributed by atoms with Crippen LogP contribution in [0.25, 0.3) is 20.2 Å². The number of aromatic nitrogens is 1. The Balaban J connectivity index is 2.12. The molecule has 0 saturated heterocycles. The molecule has 1 N–H and O–H groups in total. The first-order valence-electron chi connectivity index (χ1n) is 7.40. The molecule has 102 valence electrons. The molecule has 2 aromatic heterocycles. The van der Waals surface area contributed by atoms with E-state index in [1.807, 2.05) is 11.3 Å². The number of nitrogens with one attached hydrogen (secondary N) is 1. The first-order valence-corrected chi connectivity index (χ1v) is 8.22. The highest BCUT2D eigenvalue weighted by atomic mass is 32.1. The van der Waals surface area contributed by atoms with Crippen LogP contribution in [0.15, 0.2) is 24.3 Å². The Bertz CT molecular complexity index is 826. The summed E-state index contributed by atoms with van der Waals surface area (Å²) in [4.78, 5) is 3.70. The van der Waals surface area contributed by atoms with E-state index in [0.717, 1.165) is 0 Å². The van der Waals surface area contributed by atoms with Crippen LogP contribution < -0.4 is 4.98 Å². The first-order chi connectivity index (χ1) is 9.55. The standard InChI is InChI=1S/C18H19NS/c1-11-17-16(13-6-4-5-7-15(13)20-17)12-8-9-18(2,3)10-14(12)19-11/h4-7H,8-10H2,1-3H3/p+1. The summed E-state index contributed by atoms with van der Waals surface area (Å²) in [5.41, 5.74) is 4.80. The van der Waals surface area contributed by atoms with Crippen molar-refractivity contribution in [2.75, 3.05) is 0 Å². The van der Waals surface area contributed by atoms with Crippen molar-refractivity contribution in [2.45, 2.75) is 40.0 Å². The normalized spacial score (nSPS) is 17.6. The van der Waals surface area contributed by atoms with Crippen molar-refractivity contribution in [3.63, 3.8) is 0 Å². The van der Waals surface area contributed by atoms with E-state index in [0.29, 0.717) is 5.41 Å². The lowest BCUT2D eigenvalue weighted by atomic mass is 9.75. The van der Waals surface area contributed by atoms with Gasteiger partial charge in [-0.3, -0.25) is 0 Å². The lowest BCUT2D eigenvalue weighted by Crippen LogP contribution is -2.30. The Morgan fingerprint density at radius 2 is 2.00 bits per heavy atom. The maximum atomic E-state index is 3.70. The minimum atomic E-state index is 0.426. The number of fused-ring (bicyclic) bond motifs is 5. The second-order valence-corrected chi connectivity index (χ2v) is 7.90. The highest BCUT2D eigenvalue weighted by Crippen LogP contribution is 2.42. The summed E-state index contributed by atoms with van der Waals surface area (Å²) in [5.74, 6) is 0. The summed E-state index contributed by atoms with van der Waals surface area (Å²) in [6, 6.07) is 8.85. The SMILES string of the molecule is Cc1[nH+]c2c(c3c1sc1ccccc13)CCC(C)(C)C2.